The highest BCUT2D eigenvalue weighted by atomic mass is 16.5. The van der Waals surface area contributed by atoms with Crippen molar-refractivity contribution in [1.82, 2.24) is 5.32 Å². The van der Waals surface area contributed by atoms with Gasteiger partial charge in [0.2, 0.25) is 5.91 Å². The fraction of sp³-hybridized carbons (Fsp3) is 0.348. The number of ether oxygens (including phenoxy) is 2. The van der Waals surface area contributed by atoms with Gasteiger partial charge in [0.1, 0.15) is 6.04 Å². The summed E-state index contributed by atoms with van der Waals surface area (Å²) < 4.78 is 9.56. The topological polar surface area (TPSA) is 81.7 Å². The maximum absolute atomic E-state index is 13.5. The first-order valence-corrected chi connectivity index (χ1v) is 9.41. The summed E-state index contributed by atoms with van der Waals surface area (Å²) in [6.45, 7) is 3.51. The van der Waals surface area contributed by atoms with Crippen molar-refractivity contribution in [1.29, 1.82) is 0 Å². The van der Waals surface area contributed by atoms with Crippen molar-refractivity contribution >= 4 is 17.8 Å². The van der Waals surface area contributed by atoms with Gasteiger partial charge < -0.3 is 14.8 Å². The van der Waals surface area contributed by atoms with Gasteiger partial charge in [-0.25, -0.2) is 4.79 Å². The second kappa shape index (κ2) is 9.87. The van der Waals surface area contributed by atoms with E-state index in [1.54, 1.807) is 6.92 Å². The molecule has 29 heavy (non-hydrogen) atoms. The Bertz CT molecular complexity index is 795. The zero-order valence-electron chi connectivity index (χ0n) is 17.2. The molecule has 6 nitrogen and oxygen atoms in total. The van der Waals surface area contributed by atoms with Crippen molar-refractivity contribution in [3.05, 3.63) is 71.8 Å². The number of nitrogens with one attached hydrogen (secondary N) is 1. The van der Waals surface area contributed by atoms with E-state index in [0.717, 1.165) is 11.1 Å². The molecule has 0 aliphatic carbocycles. The first-order valence-electron chi connectivity index (χ1n) is 9.41. The Labute approximate surface area is 171 Å². The summed E-state index contributed by atoms with van der Waals surface area (Å²) in [4.78, 5) is 37.6. The first-order chi connectivity index (χ1) is 13.8. The molecule has 6 heteroatoms. The highest BCUT2D eigenvalue weighted by Crippen LogP contribution is 2.32. The molecule has 2 aromatic carbocycles. The third-order valence-electron chi connectivity index (χ3n) is 5.18. The van der Waals surface area contributed by atoms with Crippen LogP contribution < -0.4 is 5.32 Å². The number of benzene rings is 2. The molecule has 0 heterocycles. The minimum absolute atomic E-state index is 0.0239. The van der Waals surface area contributed by atoms with Crippen molar-refractivity contribution in [2.45, 2.75) is 31.7 Å². The number of amides is 1. The predicted octanol–water partition coefficient (Wildman–Crippen LogP) is 2.85. The van der Waals surface area contributed by atoms with Gasteiger partial charge in [-0.2, -0.15) is 0 Å². The number of hydrogen-bond acceptors (Lipinski definition) is 5. The number of esters is 2. The van der Waals surface area contributed by atoms with E-state index in [-0.39, 0.29) is 12.3 Å². The molecular weight excluding hydrogens is 370 g/mol. The Morgan fingerprint density at radius 2 is 1.38 bits per heavy atom. The van der Waals surface area contributed by atoms with Crippen LogP contribution >= 0.6 is 0 Å². The lowest BCUT2D eigenvalue weighted by Crippen LogP contribution is -2.53. The molecule has 2 rings (SSSR count). The van der Waals surface area contributed by atoms with Crippen molar-refractivity contribution in [3.63, 3.8) is 0 Å². The van der Waals surface area contributed by atoms with Crippen LogP contribution in [0.4, 0.5) is 0 Å². The SMILES string of the molecule is COC(=O)C[C@H](C)[C@H](NC(=O)C(C)(c1ccccc1)c1ccccc1)C(=O)OC. The zero-order chi connectivity index (χ0) is 21.4. The van der Waals surface area contributed by atoms with Gasteiger partial charge in [0.25, 0.3) is 0 Å². The smallest absolute Gasteiger partial charge is 0.328 e. The Morgan fingerprint density at radius 1 is 0.897 bits per heavy atom. The third kappa shape index (κ3) is 5.02. The molecule has 0 spiro atoms. The lowest BCUT2D eigenvalue weighted by atomic mass is 9.75. The van der Waals surface area contributed by atoms with Crippen LogP contribution in [0.1, 0.15) is 31.4 Å². The maximum Gasteiger partial charge on any atom is 0.328 e. The number of carbonyl (C=O) groups excluding carboxylic acids is 3. The van der Waals surface area contributed by atoms with E-state index in [1.807, 2.05) is 67.6 Å². The highest BCUT2D eigenvalue weighted by molar-refractivity contribution is 5.94. The van der Waals surface area contributed by atoms with Crippen LogP contribution in [0.15, 0.2) is 60.7 Å². The summed E-state index contributed by atoms with van der Waals surface area (Å²) in [5, 5.41) is 2.81. The molecule has 2 aromatic rings. The zero-order valence-corrected chi connectivity index (χ0v) is 17.2. The fourth-order valence-electron chi connectivity index (χ4n) is 3.28. The number of hydrogen-bond donors (Lipinski definition) is 1. The van der Waals surface area contributed by atoms with Crippen molar-refractivity contribution in [3.8, 4) is 0 Å². The van der Waals surface area contributed by atoms with Crippen LogP contribution in [0.3, 0.4) is 0 Å². The van der Waals surface area contributed by atoms with Crippen LogP contribution in [-0.4, -0.2) is 38.1 Å². The molecule has 0 aliphatic rings. The van der Waals surface area contributed by atoms with Crippen LogP contribution in [-0.2, 0) is 29.3 Å². The molecule has 0 unspecified atom stereocenters. The molecule has 0 bridgehead atoms. The summed E-state index contributed by atoms with van der Waals surface area (Å²) in [6, 6.07) is 17.7. The van der Waals surface area contributed by atoms with Crippen LogP contribution in [0.5, 0.6) is 0 Å². The normalized spacial score (nSPS) is 13.1. The molecule has 0 saturated carbocycles. The first kappa shape index (κ1) is 22.1. The molecule has 2 atom stereocenters. The van der Waals surface area contributed by atoms with Crippen molar-refractivity contribution in [2.24, 2.45) is 5.92 Å². The summed E-state index contributed by atoms with van der Waals surface area (Å²) in [6.07, 6.45) is -0.0239. The van der Waals surface area contributed by atoms with E-state index in [4.69, 9.17) is 9.47 Å². The Morgan fingerprint density at radius 3 is 1.79 bits per heavy atom. The average molecular weight is 397 g/mol. The number of rotatable bonds is 8. The van der Waals surface area contributed by atoms with Gasteiger partial charge >= 0.3 is 11.9 Å². The molecular formula is C23H27NO5. The van der Waals surface area contributed by atoms with Crippen LogP contribution in [0, 0.1) is 5.92 Å². The minimum atomic E-state index is -1.04. The van der Waals surface area contributed by atoms with E-state index >= 15 is 0 Å². The van der Waals surface area contributed by atoms with E-state index in [0.29, 0.717) is 0 Å². The molecule has 0 fully saturated rings. The Hall–Kier alpha value is -3.15. The molecule has 1 amide bonds. The monoisotopic (exact) mass is 397 g/mol. The second-order valence-electron chi connectivity index (χ2n) is 7.09. The van der Waals surface area contributed by atoms with Gasteiger partial charge in [-0.1, -0.05) is 67.6 Å². The Kier molecular flexibility index (Phi) is 7.53. The lowest BCUT2D eigenvalue weighted by molar-refractivity contribution is -0.149. The van der Waals surface area contributed by atoms with Crippen LogP contribution in [0.2, 0.25) is 0 Å². The van der Waals surface area contributed by atoms with Gasteiger partial charge in [-0.15, -0.1) is 0 Å². The summed E-state index contributed by atoms with van der Waals surface area (Å²) in [5.74, 6) is -1.94. The average Bonchev–Trinajstić information content (AvgIpc) is 2.77. The maximum atomic E-state index is 13.5. The summed E-state index contributed by atoms with van der Waals surface area (Å²) in [5.41, 5.74) is 0.528. The van der Waals surface area contributed by atoms with Gasteiger partial charge in [0.05, 0.1) is 26.1 Å². The summed E-state index contributed by atoms with van der Waals surface area (Å²) >= 11 is 0. The largest absolute Gasteiger partial charge is 0.469 e. The van der Waals surface area contributed by atoms with Gasteiger partial charge in [0.15, 0.2) is 0 Å². The highest BCUT2D eigenvalue weighted by Gasteiger charge is 2.40. The van der Waals surface area contributed by atoms with E-state index in [2.05, 4.69) is 5.32 Å². The molecule has 154 valence electrons. The second-order valence-corrected chi connectivity index (χ2v) is 7.09. The van der Waals surface area contributed by atoms with E-state index < -0.39 is 29.3 Å². The molecule has 1 N–H and O–H groups in total. The van der Waals surface area contributed by atoms with E-state index in [1.165, 1.54) is 14.2 Å². The number of carbonyl (C=O) groups is 3. The molecule has 0 saturated heterocycles. The fourth-order valence-corrected chi connectivity index (χ4v) is 3.28. The molecule has 0 aromatic heterocycles. The van der Waals surface area contributed by atoms with Gasteiger partial charge in [-0.05, 0) is 24.0 Å². The predicted molar refractivity (Wildman–Crippen MR) is 109 cm³/mol. The quantitative estimate of drug-likeness (QED) is 0.693. The Balaban J connectivity index is 2.42. The van der Waals surface area contributed by atoms with Gasteiger partial charge in [-0.3, -0.25) is 9.59 Å². The van der Waals surface area contributed by atoms with Gasteiger partial charge in [0, 0.05) is 0 Å². The van der Waals surface area contributed by atoms with Crippen molar-refractivity contribution in [2.75, 3.05) is 14.2 Å². The lowest BCUT2D eigenvalue weighted by Gasteiger charge is -2.32. The standard InChI is InChI=1S/C23H27NO5/c1-16(15-19(25)28-3)20(21(26)29-4)24-22(27)23(2,17-11-7-5-8-12-17)18-13-9-6-10-14-18/h5-14,16,20H,15H2,1-4H3,(H,24,27)/t16-,20-/m0/s1. The van der Waals surface area contributed by atoms with Crippen LogP contribution in [0.25, 0.3) is 0 Å². The minimum Gasteiger partial charge on any atom is -0.469 e. The molecule has 0 aliphatic heterocycles. The third-order valence-corrected chi connectivity index (χ3v) is 5.18. The van der Waals surface area contributed by atoms with E-state index in [9.17, 15) is 14.4 Å². The van der Waals surface area contributed by atoms with Crippen molar-refractivity contribution < 1.29 is 23.9 Å². The molecule has 0 radical (unpaired) electrons. The number of methoxy groups -OCH3 is 2. The summed E-state index contributed by atoms with van der Waals surface area (Å²) in [7, 11) is 2.53.